The quantitative estimate of drug-likeness (QED) is 0.833. The molecule has 0 aliphatic carbocycles. The maximum atomic E-state index is 13.4. The van der Waals surface area contributed by atoms with Crippen LogP contribution in [0.5, 0.6) is 5.75 Å². The van der Waals surface area contributed by atoms with Crippen molar-refractivity contribution in [2.75, 3.05) is 33.8 Å². The molecular weight excluding hydrogens is 372 g/mol. The number of methoxy groups -OCH3 is 1. The fourth-order valence-corrected chi connectivity index (χ4v) is 4.37. The number of nitrogens with one attached hydrogen (secondary N) is 1. The summed E-state index contributed by atoms with van der Waals surface area (Å²) in [4.78, 5) is 43.7. The third-order valence-corrected chi connectivity index (χ3v) is 6.08. The number of likely N-dealkylation sites (tertiary alicyclic amines) is 1. The van der Waals surface area contributed by atoms with Crippen molar-refractivity contribution < 1.29 is 19.1 Å². The summed E-state index contributed by atoms with van der Waals surface area (Å²) in [6, 6.07) is 5.86. The molecule has 1 aromatic carbocycles. The van der Waals surface area contributed by atoms with Crippen LogP contribution in [0.3, 0.4) is 0 Å². The van der Waals surface area contributed by atoms with E-state index >= 15 is 0 Å². The fourth-order valence-electron chi connectivity index (χ4n) is 4.37. The molecule has 29 heavy (non-hydrogen) atoms. The topological polar surface area (TPSA) is 82.2 Å². The molecule has 4 amide bonds. The van der Waals surface area contributed by atoms with Crippen molar-refractivity contribution in [3.8, 4) is 5.75 Å². The highest BCUT2D eigenvalue weighted by molar-refractivity contribution is 6.03. The van der Waals surface area contributed by atoms with Crippen LogP contribution < -0.4 is 10.1 Å². The van der Waals surface area contributed by atoms with Crippen LogP contribution in [-0.2, 0) is 9.59 Å². The van der Waals surface area contributed by atoms with Gasteiger partial charge in [-0.1, -0.05) is 18.2 Å². The number of hydrogen-bond acceptors (Lipinski definition) is 4. The summed E-state index contributed by atoms with van der Waals surface area (Å²) in [6.07, 6.45) is 2.00. The number of likely N-dealkylation sites (N-methyl/N-ethyl adjacent to an activating group) is 1. The van der Waals surface area contributed by atoms with Gasteiger partial charge in [0.05, 0.1) is 31.0 Å². The van der Waals surface area contributed by atoms with E-state index in [9.17, 15) is 14.4 Å². The second-order valence-electron chi connectivity index (χ2n) is 7.69. The normalized spacial score (nSPS) is 22.7. The molecule has 154 valence electrons. The van der Waals surface area contributed by atoms with E-state index in [2.05, 4.69) is 5.32 Å². The Labute approximate surface area is 170 Å². The number of para-hydroxylation sites is 1. The summed E-state index contributed by atoms with van der Waals surface area (Å²) < 4.78 is 5.45. The molecule has 4 rings (SSSR count). The van der Waals surface area contributed by atoms with Crippen LogP contribution in [0.1, 0.15) is 31.4 Å². The Balaban J connectivity index is 1.67. The molecule has 1 N–H and O–H groups in total. The number of carbonyl (C=O) groups is 3. The van der Waals surface area contributed by atoms with Crippen LogP contribution in [0.25, 0.3) is 0 Å². The predicted octanol–water partition coefficient (Wildman–Crippen LogP) is 1.50. The van der Waals surface area contributed by atoms with Crippen LogP contribution >= 0.6 is 0 Å². The number of hydrogen-bond donors (Lipinski definition) is 1. The van der Waals surface area contributed by atoms with E-state index in [-0.39, 0.29) is 24.4 Å². The van der Waals surface area contributed by atoms with Crippen molar-refractivity contribution >= 4 is 17.8 Å². The standard InChI is InChI=1S/C21H26N4O4/c1-13(19(26)24-10-6-7-11-24)25-12-15-17(20(25)27)18(22-21(28)23(15)2)14-8-4-5-9-16(14)29-3/h4-5,8-9,13,18H,6-7,10-12H2,1-3H3,(H,22,28)/t13-,18+/m1/s1. The van der Waals surface area contributed by atoms with E-state index in [1.165, 1.54) is 4.90 Å². The SMILES string of the molecule is COc1ccccc1[C@@H]1NC(=O)N(C)C2=C1C(=O)N([C@H](C)C(=O)N1CCCC1)C2. The molecule has 1 fully saturated rings. The fraction of sp³-hybridized carbons (Fsp3) is 0.476. The number of carbonyl (C=O) groups excluding carboxylic acids is 3. The lowest BCUT2D eigenvalue weighted by atomic mass is 9.95. The van der Waals surface area contributed by atoms with E-state index < -0.39 is 12.1 Å². The zero-order valence-electron chi connectivity index (χ0n) is 17.0. The van der Waals surface area contributed by atoms with Crippen LogP contribution in [0.4, 0.5) is 4.79 Å². The van der Waals surface area contributed by atoms with Crippen molar-refractivity contribution in [1.29, 1.82) is 0 Å². The molecule has 3 aliphatic heterocycles. The molecule has 0 aromatic heterocycles. The number of rotatable bonds is 4. The van der Waals surface area contributed by atoms with Crippen LogP contribution in [0.15, 0.2) is 35.5 Å². The van der Waals surface area contributed by atoms with Gasteiger partial charge in [-0.3, -0.25) is 14.5 Å². The lowest BCUT2D eigenvalue weighted by molar-refractivity contribution is -0.141. The van der Waals surface area contributed by atoms with Gasteiger partial charge in [0.2, 0.25) is 5.91 Å². The molecule has 0 radical (unpaired) electrons. The summed E-state index contributed by atoms with van der Waals surface area (Å²) >= 11 is 0. The molecule has 3 aliphatic rings. The van der Waals surface area contributed by atoms with Gasteiger partial charge >= 0.3 is 6.03 Å². The zero-order chi connectivity index (χ0) is 20.7. The minimum absolute atomic E-state index is 0.0357. The molecule has 8 nitrogen and oxygen atoms in total. The molecule has 0 saturated carbocycles. The number of urea groups is 1. The maximum absolute atomic E-state index is 13.4. The molecule has 0 unspecified atom stereocenters. The Bertz CT molecular complexity index is 890. The van der Waals surface area contributed by atoms with Gasteiger partial charge in [-0.2, -0.15) is 0 Å². The van der Waals surface area contributed by atoms with Gasteiger partial charge < -0.3 is 19.9 Å². The summed E-state index contributed by atoms with van der Waals surface area (Å²) in [7, 11) is 3.21. The first-order valence-electron chi connectivity index (χ1n) is 9.94. The van der Waals surface area contributed by atoms with Crippen molar-refractivity contribution in [3.05, 3.63) is 41.1 Å². The minimum Gasteiger partial charge on any atom is -0.496 e. The number of ether oxygens (including phenoxy) is 1. The summed E-state index contributed by atoms with van der Waals surface area (Å²) in [6.45, 7) is 3.49. The van der Waals surface area contributed by atoms with E-state index in [1.807, 2.05) is 23.1 Å². The second-order valence-corrected chi connectivity index (χ2v) is 7.69. The van der Waals surface area contributed by atoms with Gasteiger partial charge in [0.1, 0.15) is 11.8 Å². The van der Waals surface area contributed by atoms with Gasteiger partial charge in [-0.15, -0.1) is 0 Å². The predicted molar refractivity (Wildman–Crippen MR) is 106 cm³/mol. The van der Waals surface area contributed by atoms with E-state index in [1.54, 1.807) is 32.0 Å². The third-order valence-electron chi connectivity index (χ3n) is 6.08. The number of benzene rings is 1. The third kappa shape index (κ3) is 3.12. The minimum atomic E-state index is -0.614. The second kappa shape index (κ2) is 7.42. The molecule has 0 spiro atoms. The molecule has 1 saturated heterocycles. The molecule has 3 heterocycles. The lowest BCUT2D eigenvalue weighted by Gasteiger charge is -2.31. The first-order chi connectivity index (χ1) is 13.9. The number of nitrogens with zero attached hydrogens (tertiary/aromatic N) is 3. The molecule has 0 bridgehead atoms. The molecule has 1 aromatic rings. The Morgan fingerprint density at radius 2 is 1.90 bits per heavy atom. The van der Waals surface area contributed by atoms with Crippen molar-refractivity contribution in [3.63, 3.8) is 0 Å². The Morgan fingerprint density at radius 3 is 2.59 bits per heavy atom. The van der Waals surface area contributed by atoms with Gasteiger partial charge in [0.25, 0.3) is 5.91 Å². The Kier molecular flexibility index (Phi) is 4.94. The van der Waals surface area contributed by atoms with Crippen LogP contribution in [0, 0.1) is 0 Å². The smallest absolute Gasteiger partial charge is 0.322 e. The van der Waals surface area contributed by atoms with Gasteiger partial charge in [0.15, 0.2) is 0 Å². The summed E-state index contributed by atoms with van der Waals surface area (Å²) in [5.41, 5.74) is 1.85. The molecule has 2 atom stereocenters. The van der Waals surface area contributed by atoms with Crippen LogP contribution in [0.2, 0.25) is 0 Å². The van der Waals surface area contributed by atoms with Gasteiger partial charge in [-0.25, -0.2) is 4.79 Å². The highest BCUT2D eigenvalue weighted by Crippen LogP contribution is 2.39. The van der Waals surface area contributed by atoms with Crippen LogP contribution in [-0.4, -0.2) is 72.4 Å². The van der Waals surface area contributed by atoms with Crippen molar-refractivity contribution in [2.45, 2.75) is 31.8 Å². The molecular formula is C21H26N4O4. The monoisotopic (exact) mass is 398 g/mol. The zero-order valence-corrected chi connectivity index (χ0v) is 17.0. The first-order valence-corrected chi connectivity index (χ1v) is 9.94. The maximum Gasteiger partial charge on any atom is 0.322 e. The highest BCUT2D eigenvalue weighted by Gasteiger charge is 2.46. The highest BCUT2D eigenvalue weighted by atomic mass is 16.5. The Hall–Kier alpha value is -3.03. The van der Waals surface area contributed by atoms with E-state index in [4.69, 9.17) is 4.74 Å². The Morgan fingerprint density at radius 1 is 1.21 bits per heavy atom. The van der Waals surface area contributed by atoms with Gasteiger partial charge in [-0.05, 0) is 25.8 Å². The van der Waals surface area contributed by atoms with E-state index in [0.717, 1.165) is 31.5 Å². The summed E-state index contributed by atoms with van der Waals surface area (Å²) in [5.74, 6) is 0.343. The van der Waals surface area contributed by atoms with Crippen molar-refractivity contribution in [2.24, 2.45) is 0 Å². The molecule has 8 heteroatoms. The van der Waals surface area contributed by atoms with Crippen molar-refractivity contribution in [1.82, 2.24) is 20.0 Å². The van der Waals surface area contributed by atoms with E-state index in [0.29, 0.717) is 17.0 Å². The average molecular weight is 398 g/mol. The summed E-state index contributed by atoms with van der Waals surface area (Å²) in [5, 5.41) is 2.91. The lowest BCUT2D eigenvalue weighted by Crippen LogP contribution is -2.47. The number of amides is 4. The largest absolute Gasteiger partial charge is 0.496 e. The first kappa shape index (κ1) is 19.3. The average Bonchev–Trinajstić information content (AvgIpc) is 3.38. The van der Waals surface area contributed by atoms with Gasteiger partial charge in [0, 0.05) is 25.7 Å².